The highest BCUT2D eigenvalue weighted by atomic mass is 79.9. The second-order valence-corrected chi connectivity index (χ2v) is 5.77. The number of nitrogen functional groups attached to an aromatic ring is 1. The average molecular weight is 331 g/mol. The van der Waals surface area contributed by atoms with Crippen molar-refractivity contribution in [1.82, 2.24) is 24.5 Å². The number of hydrogen-bond acceptors (Lipinski definition) is 5. The molecule has 100 valence electrons. The van der Waals surface area contributed by atoms with Crippen molar-refractivity contribution in [2.45, 2.75) is 18.8 Å². The highest BCUT2D eigenvalue weighted by Crippen LogP contribution is 2.41. The molecule has 2 N–H and O–H groups in total. The molecule has 0 unspecified atom stereocenters. The van der Waals surface area contributed by atoms with Crippen molar-refractivity contribution in [2.75, 3.05) is 5.73 Å². The van der Waals surface area contributed by atoms with E-state index in [2.05, 4.69) is 30.9 Å². The Morgan fingerprint density at radius 2 is 2.05 bits per heavy atom. The summed E-state index contributed by atoms with van der Waals surface area (Å²) in [5, 5.41) is 0. The predicted octanol–water partition coefficient (Wildman–Crippen LogP) is 2.43. The van der Waals surface area contributed by atoms with Gasteiger partial charge < -0.3 is 5.73 Å². The van der Waals surface area contributed by atoms with Gasteiger partial charge in [0, 0.05) is 10.4 Å². The standard InChI is InChI=1S/C13H11BrN6/c14-8-3-4-9-10(5-8)20(11(18-9)7-1-2-7)13-17-6-16-12(15)19-13/h3-7H,1-2H2,(H2,15,16,17,19). The topological polar surface area (TPSA) is 82.5 Å². The number of benzene rings is 1. The molecule has 3 aromatic rings. The molecule has 2 heterocycles. The van der Waals surface area contributed by atoms with E-state index >= 15 is 0 Å². The summed E-state index contributed by atoms with van der Waals surface area (Å²) in [4.78, 5) is 17.0. The van der Waals surface area contributed by atoms with Crippen molar-refractivity contribution < 1.29 is 0 Å². The Morgan fingerprint density at radius 3 is 2.80 bits per heavy atom. The number of halogens is 1. The van der Waals surface area contributed by atoms with Crippen molar-refractivity contribution in [2.24, 2.45) is 0 Å². The minimum absolute atomic E-state index is 0.216. The first-order valence-corrected chi connectivity index (χ1v) is 7.14. The molecule has 2 aromatic heterocycles. The van der Waals surface area contributed by atoms with Crippen LogP contribution in [0.15, 0.2) is 29.0 Å². The van der Waals surface area contributed by atoms with E-state index in [1.165, 1.54) is 6.33 Å². The van der Waals surface area contributed by atoms with Gasteiger partial charge in [0.05, 0.1) is 11.0 Å². The summed E-state index contributed by atoms with van der Waals surface area (Å²) in [7, 11) is 0. The average Bonchev–Trinajstić information content (AvgIpc) is 3.20. The normalized spacial score (nSPS) is 14.8. The first-order chi connectivity index (χ1) is 9.72. The third-order valence-electron chi connectivity index (χ3n) is 3.36. The summed E-state index contributed by atoms with van der Waals surface area (Å²) in [5.74, 6) is 2.23. The van der Waals surface area contributed by atoms with Gasteiger partial charge in [-0.25, -0.2) is 15.0 Å². The van der Waals surface area contributed by atoms with E-state index in [4.69, 9.17) is 10.7 Å². The predicted molar refractivity (Wildman–Crippen MR) is 78.5 cm³/mol. The van der Waals surface area contributed by atoms with Crippen molar-refractivity contribution in [1.29, 1.82) is 0 Å². The third kappa shape index (κ3) is 1.85. The monoisotopic (exact) mass is 330 g/mol. The van der Waals surface area contributed by atoms with Crippen LogP contribution >= 0.6 is 15.9 Å². The molecule has 4 rings (SSSR count). The number of rotatable bonds is 2. The van der Waals surface area contributed by atoms with Gasteiger partial charge in [-0.3, -0.25) is 4.57 Å². The van der Waals surface area contributed by atoms with Crippen LogP contribution in [-0.2, 0) is 0 Å². The Balaban J connectivity index is 2.04. The second kappa shape index (κ2) is 4.24. The fourth-order valence-electron chi connectivity index (χ4n) is 2.30. The second-order valence-electron chi connectivity index (χ2n) is 4.86. The number of aromatic nitrogens is 5. The maximum absolute atomic E-state index is 5.68. The summed E-state index contributed by atoms with van der Waals surface area (Å²) in [6.45, 7) is 0. The number of nitrogens with zero attached hydrogens (tertiary/aromatic N) is 5. The van der Waals surface area contributed by atoms with E-state index in [1.54, 1.807) is 0 Å². The third-order valence-corrected chi connectivity index (χ3v) is 3.86. The summed E-state index contributed by atoms with van der Waals surface area (Å²) in [6, 6.07) is 6.00. The Bertz CT molecular complexity index is 808. The summed E-state index contributed by atoms with van der Waals surface area (Å²) in [5.41, 5.74) is 7.59. The van der Waals surface area contributed by atoms with Gasteiger partial charge in [-0.05, 0) is 31.0 Å². The molecule has 20 heavy (non-hydrogen) atoms. The van der Waals surface area contributed by atoms with E-state index < -0.39 is 0 Å². The summed E-state index contributed by atoms with van der Waals surface area (Å²) < 4.78 is 2.98. The van der Waals surface area contributed by atoms with Crippen LogP contribution < -0.4 is 5.73 Å². The molecule has 0 amide bonds. The fraction of sp³-hybridized carbons (Fsp3) is 0.231. The van der Waals surface area contributed by atoms with Gasteiger partial charge >= 0.3 is 0 Å². The van der Waals surface area contributed by atoms with Gasteiger partial charge in [-0.15, -0.1) is 0 Å². The van der Waals surface area contributed by atoms with E-state index in [-0.39, 0.29) is 5.95 Å². The summed E-state index contributed by atoms with van der Waals surface area (Å²) >= 11 is 3.50. The van der Waals surface area contributed by atoms with Gasteiger partial charge in [0.25, 0.3) is 0 Å². The lowest BCUT2D eigenvalue weighted by Gasteiger charge is -2.06. The zero-order chi connectivity index (χ0) is 13.7. The molecule has 6 nitrogen and oxygen atoms in total. The molecule has 1 aliphatic rings. The molecule has 0 atom stereocenters. The molecule has 1 aromatic carbocycles. The highest BCUT2D eigenvalue weighted by Gasteiger charge is 2.30. The Labute approximate surface area is 123 Å². The van der Waals surface area contributed by atoms with Gasteiger partial charge in [0.15, 0.2) is 0 Å². The Kier molecular flexibility index (Phi) is 2.50. The lowest BCUT2D eigenvalue weighted by atomic mass is 10.3. The molecule has 0 bridgehead atoms. The largest absolute Gasteiger partial charge is 0.368 e. The zero-order valence-electron chi connectivity index (χ0n) is 10.5. The zero-order valence-corrected chi connectivity index (χ0v) is 12.1. The molecule has 1 aliphatic carbocycles. The van der Waals surface area contributed by atoms with E-state index in [0.29, 0.717) is 11.9 Å². The molecule has 7 heteroatoms. The Hall–Kier alpha value is -2.02. The van der Waals surface area contributed by atoms with Gasteiger partial charge in [-0.1, -0.05) is 15.9 Å². The highest BCUT2D eigenvalue weighted by molar-refractivity contribution is 9.10. The van der Waals surface area contributed by atoms with Crippen LogP contribution in [0.1, 0.15) is 24.6 Å². The van der Waals surface area contributed by atoms with E-state index in [1.807, 2.05) is 22.8 Å². The van der Waals surface area contributed by atoms with Crippen LogP contribution in [0.25, 0.3) is 17.0 Å². The van der Waals surface area contributed by atoms with Gasteiger partial charge in [-0.2, -0.15) is 4.98 Å². The molecular formula is C13H11BrN6. The molecule has 1 fully saturated rings. The van der Waals surface area contributed by atoms with Crippen LogP contribution in [0.5, 0.6) is 0 Å². The molecule has 1 saturated carbocycles. The lowest BCUT2D eigenvalue weighted by molar-refractivity contribution is 0.835. The SMILES string of the molecule is Nc1ncnc(-n2c(C3CC3)nc3ccc(Br)cc32)n1. The van der Waals surface area contributed by atoms with Crippen LogP contribution in [0.4, 0.5) is 5.95 Å². The quantitative estimate of drug-likeness (QED) is 0.780. The van der Waals surface area contributed by atoms with Crippen LogP contribution in [0, 0.1) is 0 Å². The van der Waals surface area contributed by atoms with Gasteiger partial charge in [0.2, 0.25) is 11.9 Å². The number of imidazole rings is 1. The lowest BCUT2D eigenvalue weighted by Crippen LogP contribution is -2.07. The van der Waals surface area contributed by atoms with Crippen molar-refractivity contribution in [3.63, 3.8) is 0 Å². The summed E-state index contributed by atoms with van der Waals surface area (Å²) in [6.07, 6.45) is 3.74. The van der Waals surface area contributed by atoms with Crippen molar-refractivity contribution in [3.05, 3.63) is 34.8 Å². The fourth-order valence-corrected chi connectivity index (χ4v) is 2.65. The van der Waals surface area contributed by atoms with Crippen molar-refractivity contribution >= 4 is 32.9 Å². The maximum atomic E-state index is 5.68. The smallest absolute Gasteiger partial charge is 0.240 e. The molecule has 0 radical (unpaired) electrons. The van der Waals surface area contributed by atoms with E-state index in [9.17, 15) is 0 Å². The minimum atomic E-state index is 0.216. The molecule has 0 spiro atoms. The number of hydrogen-bond donors (Lipinski definition) is 1. The molecule has 0 saturated heterocycles. The maximum Gasteiger partial charge on any atom is 0.240 e. The van der Waals surface area contributed by atoms with Crippen LogP contribution in [0.2, 0.25) is 0 Å². The first kappa shape index (κ1) is 11.8. The van der Waals surface area contributed by atoms with Crippen LogP contribution in [-0.4, -0.2) is 24.5 Å². The first-order valence-electron chi connectivity index (χ1n) is 6.35. The number of fused-ring (bicyclic) bond motifs is 1. The minimum Gasteiger partial charge on any atom is -0.368 e. The van der Waals surface area contributed by atoms with Crippen molar-refractivity contribution in [3.8, 4) is 5.95 Å². The number of anilines is 1. The molecular weight excluding hydrogens is 320 g/mol. The van der Waals surface area contributed by atoms with Gasteiger partial charge in [0.1, 0.15) is 12.2 Å². The van der Waals surface area contributed by atoms with E-state index in [0.717, 1.165) is 34.2 Å². The number of nitrogens with two attached hydrogens (primary N) is 1. The molecule has 0 aliphatic heterocycles. The Morgan fingerprint density at radius 1 is 1.20 bits per heavy atom. The van der Waals surface area contributed by atoms with Crippen LogP contribution in [0.3, 0.4) is 0 Å².